The number of carbonyl (C=O) groups excluding carboxylic acids is 2. The average molecular weight is 587 g/mol. The van der Waals surface area contributed by atoms with Crippen LogP contribution < -0.4 is 9.64 Å². The minimum absolute atomic E-state index is 0.0216. The number of β-lactam (4-membered cyclic amide) rings is 1. The van der Waals surface area contributed by atoms with Crippen LogP contribution in [0.1, 0.15) is 39.0 Å². The monoisotopic (exact) mass is 585 g/mol. The Bertz CT molecular complexity index is 1460. The van der Waals surface area contributed by atoms with E-state index in [9.17, 15) is 9.59 Å². The molecule has 1 aromatic heterocycles. The summed E-state index contributed by atoms with van der Waals surface area (Å²) in [5.41, 5.74) is 2.40. The molecule has 2 unspecified atom stereocenters. The maximum atomic E-state index is 13.1. The van der Waals surface area contributed by atoms with Crippen LogP contribution in [-0.2, 0) is 11.4 Å². The number of anilines is 1. The molecule has 5 rings (SSSR count). The van der Waals surface area contributed by atoms with Gasteiger partial charge in [-0.2, -0.15) is 0 Å². The van der Waals surface area contributed by atoms with Gasteiger partial charge in [-0.15, -0.1) is 16.7 Å². The summed E-state index contributed by atoms with van der Waals surface area (Å²) in [5, 5.41) is 7.74. The van der Waals surface area contributed by atoms with Crippen LogP contribution in [0.4, 0.5) is 6.01 Å². The number of aryl methyl sites for hydroxylation is 1. The van der Waals surface area contributed by atoms with E-state index in [0.29, 0.717) is 21.9 Å². The SMILES string of the molecule is Cc1cc(OCc2nnc(N3C(=O)C(Cl)C3c3cccc(Br)c3)o2)c(C(=O)c2ccccc2)cc1Cl. The first kappa shape index (κ1) is 24.5. The van der Waals surface area contributed by atoms with Crippen molar-refractivity contribution in [3.05, 3.63) is 104 Å². The summed E-state index contributed by atoms with van der Waals surface area (Å²) in [4.78, 5) is 27.0. The Balaban J connectivity index is 1.36. The average Bonchev–Trinajstić information content (AvgIpc) is 3.35. The van der Waals surface area contributed by atoms with Crippen LogP contribution in [-0.4, -0.2) is 27.3 Å². The second-order valence-corrected chi connectivity index (χ2v) is 9.96. The van der Waals surface area contributed by atoms with Gasteiger partial charge in [0, 0.05) is 15.1 Å². The Hall–Kier alpha value is -3.20. The topological polar surface area (TPSA) is 85.5 Å². The van der Waals surface area contributed by atoms with Crippen molar-refractivity contribution in [2.45, 2.75) is 24.9 Å². The predicted octanol–water partition coefficient (Wildman–Crippen LogP) is 6.30. The van der Waals surface area contributed by atoms with E-state index in [4.69, 9.17) is 32.4 Å². The van der Waals surface area contributed by atoms with Crippen molar-refractivity contribution < 1.29 is 18.7 Å². The lowest BCUT2D eigenvalue weighted by molar-refractivity contribution is -0.124. The van der Waals surface area contributed by atoms with Crippen molar-refractivity contribution in [1.29, 1.82) is 0 Å². The van der Waals surface area contributed by atoms with E-state index in [1.165, 1.54) is 4.90 Å². The highest BCUT2D eigenvalue weighted by Gasteiger charge is 2.50. The summed E-state index contributed by atoms with van der Waals surface area (Å²) in [6, 6.07) is 19.2. The smallest absolute Gasteiger partial charge is 0.325 e. The van der Waals surface area contributed by atoms with Gasteiger partial charge < -0.3 is 9.15 Å². The predicted molar refractivity (Wildman–Crippen MR) is 139 cm³/mol. The van der Waals surface area contributed by atoms with Gasteiger partial charge in [-0.25, -0.2) is 0 Å². The van der Waals surface area contributed by atoms with Crippen molar-refractivity contribution in [3.63, 3.8) is 0 Å². The third kappa shape index (κ3) is 4.64. The van der Waals surface area contributed by atoms with Crippen LogP contribution >= 0.6 is 39.1 Å². The van der Waals surface area contributed by atoms with Gasteiger partial charge in [-0.05, 0) is 42.3 Å². The number of aromatic nitrogens is 2. The number of carbonyl (C=O) groups is 2. The Morgan fingerprint density at radius 1 is 1.11 bits per heavy atom. The van der Waals surface area contributed by atoms with Gasteiger partial charge in [0.15, 0.2) is 12.4 Å². The van der Waals surface area contributed by atoms with Crippen molar-refractivity contribution >= 4 is 56.8 Å². The van der Waals surface area contributed by atoms with Crippen molar-refractivity contribution in [1.82, 2.24) is 10.2 Å². The lowest BCUT2D eigenvalue weighted by Gasteiger charge is -2.41. The molecule has 3 aromatic carbocycles. The number of nitrogens with zero attached hydrogens (tertiary/aromatic N) is 3. The van der Waals surface area contributed by atoms with Gasteiger partial charge in [0.2, 0.25) is 0 Å². The number of benzene rings is 3. The molecule has 0 spiro atoms. The number of hydrogen-bond donors (Lipinski definition) is 0. The molecule has 0 aliphatic carbocycles. The number of hydrogen-bond acceptors (Lipinski definition) is 6. The lowest BCUT2D eigenvalue weighted by atomic mass is 9.94. The third-order valence-corrected chi connectivity index (χ3v) is 7.10. The van der Waals surface area contributed by atoms with Gasteiger partial charge in [0.25, 0.3) is 11.8 Å². The highest BCUT2D eigenvalue weighted by molar-refractivity contribution is 9.10. The van der Waals surface area contributed by atoms with Gasteiger partial charge >= 0.3 is 6.01 Å². The summed E-state index contributed by atoms with van der Waals surface area (Å²) in [6.07, 6.45) is 0. The summed E-state index contributed by atoms with van der Waals surface area (Å²) in [6.45, 7) is 1.70. The minimum atomic E-state index is -0.741. The van der Waals surface area contributed by atoms with E-state index in [-0.39, 0.29) is 30.2 Å². The largest absolute Gasteiger partial charge is 0.483 e. The van der Waals surface area contributed by atoms with Gasteiger partial charge in [0.1, 0.15) is 11.1 Å². The molecule has 4 aromatic rings. The Morgan fingerprint density at radius 3 is 2.64 bits per heavy atom. The number of halogens is 3. The maximum absolute atomic E-state index is 13.1. The van der Waals surface area contributed by atoms with E-state index < -0.39 is 11.4 Å². The molecule has 0 radical (unpaired) electrons. The zero-order valence-electron chi connectivity index (χ0n) is 18.8. The molecular formula is C26H18BrCl2N3O4. The van der Waals surface area contributed by atoms with Gasteiger partial charge in [-0.1, -0.05) is 75.1 Å². The van der Waals surface area contributed by atoms with Crippen molar-refractivity contribution in [3.8, 4) is 5.75 Å². The number of alkyl halides is 1. The van der Waals surface area contributed by atoms with Crippen LogP contribution in [0.2, 0.25) is 5.02 Å². The molecule has 0 N–H and O–H groups in total. The Kier molecular flexibility index (Phi) is 6.83. The molecule has 36 heavy (non-hydrogen) atoms. The van der Waals surface area contributed by atoms with Crippen LogP contribution in [0, 0.1) is 6.92 Å². The van der Waals surface area contributed by atoms with Gasteiger partial charge in [-0.3, -0.25) is 14.5 Å². The fourth-order valence-electron chi connectivity index (χ4n) is 3.91. The molecule has 0 bridgehead atoms. The van der Waals surface area contributed by atoms with E-state index >= 15 is 0 Å². The first-order valence-electron chi connectivity index (χ1n) is 10.9. The van der Waals surface area contributed by atoms with Crippen LogP contribution in [0.3, 0.4) is 0 Å². The molecule has 1 amide bonds. The highest BCUT2D eigenvalue weighted by atomic mass is 79.9. The first-order valence-corrected chi connectivity index (χ1v) is 12.5. The molecular weight excluding hydrogens is 569 g/mol. The minimum Gasteiger partial charge on any atom is -0.483 e. The van der Waals surface area contributed by atoms with Crippen molar-refractivity contribution in [2.24, 2.45) is 0 Å². The second-order valence-electron chi connectivity index (χ2n) is 8.17. The molecule has 10 heteroatoms. The fourth-order valence-corrected chi connectivity index (χ4v) is 4.86. The summed E-state index contributed by atoms with van der Waals surface area (Å²) >= 11 is 16.0. The molecule has 1 fully saturated rings. The summed E-state index contributed by atoms with van der Waals surface area (Å²) in [5.74, 6) is -0.0929. The maximum Gasteiger partial charge on any atom is 0.325 e. The zero-order chi connectivity index (χ0) is 25.4. The third-order valence-electron chi connectivity index (χ3n) is 5.77. The van der Waals surface area contributed by atoms with E-state index in [1.54, 1.807) is 36.4 Å². The molecule has 2 heterocycles. The van der Waals surface area contributed by atoms with E-state index in [2.05, 4.69) is 26.1 Å². The zero-order valence-corrected chi connectivity index (χ0v) is 21.9. The van der Waals surface area contributed by atoms with Crippen LogP contribution in [0.25, 0.3) is 0 Å². The van der Waals surface area contributed by atoms with Gasteiger partial charge in [0.05, 0.1) is 11.6 Å². The fraction of sp³-hybridized carbons (Fsp3) is 0.154. The first-order chi connectivity index (χ1) is 17.3. The molecule has 1 aliphatic rings. The quantitative estimate of drug-likeness (QED) is 0.143. The van der Waals surface area contributed by atoms with E-state index in [0.717, 1.165) is 15.6 Å². The molecule has 182 valence electrons. The molecule has 7 nitrogen and oxygen atoms in total. The number of ether oxygens (including phenoxy) is 1. The Morgan fingerprint density at radius 2 is 1.89 bits per heavy atom. The Labute approximate surface area is 225 Å². The number of ketones is 1. The normalized spacial score (nSPS) is 17.1. The standard InChI is InChI=1S/C26H18BrCl2N3O4/c1-14-10-20(18(12-19(14)28)24(33)15-6-3-2-4-7-15)35-13-21-30-31-26(36-21)32-23(22(29)25(32)34)16-8-5-9-17(27)11-16/h2-12,22-23H,13H2,1H3. The van der Waals surface area contributed by atoms with Crippen LogP contribution in [0.15, 0.2) is 75.6 Å². The second kappa shape index (κ2) is 10.0. The highest BCUT2D eigenvalue weighted by Crippen LogP contribution is 2.42. The van der Waals surface area contributed by atoms with Crippen LogP contribution in [0.5, 0.6) is 5.75 Å². The molecule has 0 saturated carbocycles. The molecule has 1 aliphatic heterocycles. The summed E-state index contributed by atoms with van der Waals surface area (Å²) < 4.78 is 12.5. The number of rotatable bonds is 7. The summed E-state index contributed by atoms with van der Waals surface area (Å²) in [7, 11) is 0. The van der Waals surface area contributed by atoms with Crippen molar-refractivity contribution in [2.75, 3.05) is 4.90 Å². The molecule has 1 saturated heterocycles. The lowest BCUT2D eigenvalue weighted by Crippen LogP contribution is -2.56. The van der Waals surface area contributed by atoms with E-state index in [1.807, 2.05) is 37.3 Å². The number of amides is 1. The molecule has 2 atom stereocenters.